The van der Waals surface area contributed by atoms with E-state index in [0.717, 1.165) is 29.5 Å². The minimum Gasteiger partial charge on any atom is -0.461 e. The average Bonchev–Trinajstić information content (AvgIpc) is 2.99. The van der Waals surface area contributed by atoms with E-state index in [4.69, 9.17) is 4.74 Å². The summed E-state index contributed by atoms with van der Waals surface area (Å²) in [5.74, 6) is -0.475. The predicted molar refractivity (Wildman–Crippen MR) is 77.3 cm³/mol. The van der Waals surface area contributed by atoms with Crippen LogP contribution in [0.5, 0.6) is 0 Å². The first-order chi connectivity index (χ1) is 9.06. The molecule has 0 aliphatic heterocycles. The van der Waals surface area contributed by atoms with Crippen molar-refractivity contribution >= 4 is 39.1 Å². The second kappa shape index (κ2) is 6.52. The van der Waals surface area contributed by atoms with Crippen LogP contribution in [0.1, 0.15) is 35.4 Å². The standard InChI is InChI=1S/C13H16BrNO3S/c1-15(13(17)10-6-7-11(14)19-10)8-12(16)18-9-4-2-3-5-9/h6-7,9H,2-5,8H2,1H3. The van der Waals surface area contributed by atoms with Crippen LogP contribution in [0.2, 0.25) is 0 Å². The monoisotopic (exact) mass is 345 g/mol. The van der Waals surface area contributed by atoms with Crippen LogP contribution in [0.4, 0.5) is 0 Å². The molecule has 1 saturated carbocycles. The van der Waals surface area contributed by atoms with Crippen LogP contribution in [-0.2, 0) is 9.53 Å². The van der Waals surface area contributed by atoms with Crippen molar-refractivity contribution in [2.75, 3.05) is 13.6 Å². The molecule has 104 valence electrons. The van der Waals surface area contributed by atoms with Crippen molar-refractivity contribution in [3.63, 3.8) is 0 Å². The zero-order valence-corrected chi connectivity index (χ0v) is 13.1. The highest BCUT2D eigenvalue weighted by molar-refractivity contribution is 9.11. The maximum absolute atomic E-state index is 12.0. The van der Waals surface area contributed by atoms with Gasteiger partial charge in [0, 0.05) is 7.05 Å². The van der Waals surface area contributed by atoms with Gasteiger partial charge < -0.3 is 9.64 Å². The van der Waals surface area contributed by atoms with E-state index in [0.29, 0.717) is 4.88 Å². The lowest BCUT2D eigenvalue weighted by Crippen LogP contribution is -2.33. The summed E-state index contributed by atoms with van der Waals surface area (Å²) in [5.41, 5.74) is 0. The maximum Gasteiger partial charge on any atom is 0.325 e. The van der Waals surface area contributed by atoms with Crippen LogP contribution in [0, 0.1) is 0 Å². The van der Waals surface area contributed by atoms with Crippen LogP contribution in [0.25, 0.3) is 0 Å². The zero-order chi connectivity index (χ0) is 13.8. The zero-order valence-electron chi connectivity index (χ0n) is 10.7. The summed E-state index contributed by atoms with van der Waals surface area (Å²) in [6, 6.07) is 3.57. The van der Waals surface area contributed by atoms with Crippen LogP contribution in [0.3, 0.4) is 0 Å². The maximum atomic E-state index is 12.0. The molecule has 1 aliphatic carbocycles. The van der Waals surface area contributed by atoms with Crippen LogP contribution >= 0.6 is 27.3 Å². The Bertz CT molecular complexity index is 468. The van der Waals surface area contributed by atoms with Crippen molar-refractivity contribution in [2.45, 2.75) is 31.8 Å². The molecule has 0 saturated heterocycles. The van der Waals surface area contributed by atoms with Crippen molar-refractivity contribution in [1.29, 1.82) is 0 Å². The number of ether oxygens (including phenoxy) is 1. The minimum atomic E-state index is -0.321. The molecule has 0 atom stereocenters. The lowest BCUT2D eigenvalue weighted by Gasteiger charge is -2.17. The Morgan fingerprint density at radius 3 is 2.68 bits per heavy atom. The molecule has 1 amide bonds. The van der Waals surface area contributed by atoms with Crippen molar-refractivity contribution < 1.29 is 14.3 Å². The highest BCUT2D eigenvalue weighted by Gasteiger charge is 2.22. The van der Waals surface area contributed by atoms with Crippen LogP contribution < -0.4 is 0 Å². The van der Waals surface area contributed by atoms with E-state index in [-0.39, 0.29) is 24.5 Å². The van der Waals surface area contributed by atoms with Crippen molar-refractivity contribution in [3.05, 3.63) is 20.8 Å². The Balaban J connectivity index is 1.84. The van der Waals surface area contributed by atoms with E-state index in [1.54, 1.807) is 13.1 Å². The van der Waals surface area contributed by atoms with Crippen LogP contribution in [0.15, 0.2) is 15.9 Å². The molecule has 19 heavy (non-hydrogen) atoms. The Morgan fingerprint density at radius 1 is 1.42 bits per heavy atom. The van der Waals surface area contributed by atoms with Gasteiger partial charge in [-0.3, -0.25) is 9.59 Å². The molecule has 0 radical (unpaired) electrons. The summed E-state index contributed by atoms with van der Waals surface area (Å²) in [5, 5.41) is 0. The van der Waals surface area contributed by atoms with Gasteiger partial charge in [0.25, 0.3) is 5.91 Å². The third kappa shape index (κ3) is 4.04. The van der Waals surface area contributed by atoms with Gasteiger partial charge in [-0.1, -0.05) is 0 Å². The largest absolute Gasteiger partial charge is 0.461 e. The number of thiophene rings is 1. The van der Waals surface area contributed by atoms with Gasteiger partial charge in [-0.2, -0.15) is 0 Å². The molecule has 0 aromatic carbocycles. The summed E-state index contributed by atoms with van der Waals surface area (Å²) in [4.78, 5) is 25.8. The number of amides is 1. The quantitative estimate of drug-likeness (QED) is 0.788. The number of hydrogen-bond acceptors (Lipinski definition) is 4. The Kier molecular flexibility index (Phi) is 4.99. The summed E-state index contributed by atoms with van der Waals surface area (Å²) in [7, 11) is 1.62. The summed E-state index contributed by atoms with van der Waals surface area (Å²) in [6.07, 6.45) is 4.18. The third-order valence-electron chi connectivity index (χ3n) is 3.10. The van der Waals surface area contributed by atoms with Gasteiger partial charge in [-0.25, -0.2) is 0 Å². The second-order valence-electron chi connectivity index (χ2n) is 4.66. The summed E-state index contributed by atoms with van der Waals surface area (Å²) < 4.78 is 6.24. The van der Waals surface area contributed by atoms with Gasteiger partial charge >= 0.3 is 5.97 Å². The Morgan fingerprint density at radius 2 is 2.11 bits per heavy atom. The number of likely N-dealkylation sites (N-methyl/N-ethyl adjacent to an activating group) is 1. The van der Waals surface area contributed by atoms with Gasteiger partial charge in [0.2, 0.25) is 0 Å². The highest BCUT2D eigenvalue weighted by atomic mass is 79.9. The first-order valence-corrected chi connectivity index (χ1v) is 7.87. The van der Waals surface area contributed by atoms with E-state index in [2.05, 4.69) is 15.9 Å². The normalized spacial score (nSPS) is 15.5. The van der Waals surface area contributed by atoms with Gasteiger partial charge in [0.1, 0.15) is 12.6 Å². The van der Waals surface area contributed by atoms with E-state index in [9.17, 15) is 9.59 Å². The first kappa shape index (κ1) is 14.5. The fraction of sp³-hybridized carbons (Fsp3) is 0.538. The molecule has 0 unspecified atom stereocenters. The topological polar surface area (TPSA) is 46.6 Å². The average molecular weight is 346 g/mol. The molecule has 6 heteroatoms. The number of rotatable bonds is 4. The molecular weight excluding hydrogens is 330 g/mol. The van der Waals surface area contributed by atoms with E-state index < -0.39 is 0 Å². The molecule has 2 rings (SSSR count). The summed E-state index contributed by atoms with van der Waals surface area (Å²) in [6.45, 7) is 0.00481. The van der Waals surface area contributed by atoms with Crippen molar-refractivity contribution in [3.8, 4) is 0 Å². The first-order valence-electron chi connectivity index (χ1n) is 6.26. The molecule has 4 nitrogen and oxygen atoms in total. The predicted octanol–water partition coefficient (Wildman–Crippen LogP) is 3.07. The Labute approximate surface area is 124 Å². The molecule has 1 aromatic rings. The van der Waals surface area contributed by atoms with Gasteiger partial charge in [0.15, 0.2) is 0 Å². The SMILES string of the molecule is CN(CC(=O)OC1CCCC1)C(=O)c1ccc(Br)s1. The van der Waals surface area contributed by atoms with E-state index in [1.165, 1.54) is 16.2 Å². The second-order valence-corrected chi connectivity index (χ2v) is 7.12. The molecule has 0 N–H and O–H groups in total. The van der Waals surface area contributed by atoms with Gasteiger partial charge in [0.05, 0.1) is 8.66 Å². The fourth-order valence-electron chi connectivity index (χ4n) is 2.11. The summed E-state index contributed by atoms with van der Waals surface area (Å²) >= 11 is 4.67. The number of hydrogen-bond donors (Lipinski definition) is 0. The molecule has 0 bridgehead atoms. The number of carbonyl (C=O) groups is 2. The van der Waals surface area contributed by atoms with Gasteiger partial charge in [-0.05, 0) is 53.7 Å². The smallest absolute Gasteiger partial charge is 0.325 e. The number of halogens is 1. The van der Waals surface area contributed by atoms with E-state index in [1.807, 2.05) is 6.07 Å². The highest BCUT2D eigenvalue weighted by Crippen LogP contribution is 2.23. The lowest BCUT2D eigenvalue weighted by atomic mass is 10.3. The molecule has 1 aliphatic rings. The Hall–Kier alpha value is -0.880. The number of nitrogens with zero attached hydrogens (tertiary/aromatic N) is 1. The van der Waals surface area contributed by atoms with Crippen molar-refractivity contribution in [2.24, 2.45) is 0 Å². The van der Waals surface area contributed by atoms with Crippen LogP contribution in [-0.4, -0.2) is 36.5 Å². The molecule has 1 aromatic heterocycles. The number of esters is 1. The third-order valence-corrected chi connectivity index (χ3v) is 4.71. The number of carbonyl (C=O) groups excluding carboxylic acids is 2. The molecule has 0 spiro atoms. The van der Waals surface area contributed by atoms with E-state index >= 15 is 0 Å². The van der Waals surface area contributed by atoms with Crippen molar-refractivity contribution in [1.82, 2.24) is 4.90 Å². The van der Waals surface area contributed by atoms with Gasteiger partial charge in [-0.15, -0.1) is 11.3 Å². The lowest BCUT2D eigenvalue weighted by molar-refractivity contribution is -0.149. The molecular formula is C13H16BrNO3S. The fourth-order valence-corrected chi connectivity index (χ4v) is 3.49. The molecule has 1 heterocycles. The molecule has 1 fully saturated rings. The minimum absolute atomic E-state index is 0.00481.